The van der Waals surface area contributed by atoms with Crippen LogP contribution in [0.1, 0.15) is 44.0 Å². The topological polar surface area (TPSA) is 75.1 Å². The van der Waals surface area contributed by atoms with Gasteiger partial charge in [-0.2, -0.15) is 5.10 Å². The smallest absolute Gasteiger partial charge is 0.339 e. The number of carbonyl (C=O) groups is 1. The van der Waals surface area contributed by atoms with Gasteiger partial charge in [0.2, 0.25) is 0 Å². The standard InChI is InChI=1S/C12H19N3O2/c1-4-8(2)7-9(3)14-11-10(12(16)17)5-6-13-15-11/h5-6,8-9H,4,7H2,1-3H3,(H,14,15)(H,16,17). The highest BCUT2D eigenvalue weighted by molar-refractivity contribution is 5.92. The Labute approximate surface area is 101 Å². The molecule has 0 fully saturated rings. The van der Waals surface area contributed by atoms with Crippen LogP contribution < -0.4 is 5.32 Å². The molecule has 5 nitrogen and oxygen atoms in total. The minimum Gasteiger partial charge on any atom is -0.478 e. The summed E-state index contributed by atoms with van der Waals surface area (Å²) in [5.74, 6) is -0.0450. The third-order valence-electron chi connectivity index (χ3n) is 2.79. The first-order valence-corrected chi connectivity index (χ1v) is 5.86. The van der Waals surface area contributed by atoms with Gasteiger partial charge in [-0.05, 0) is 25.3 Å². The first kappa shape index (κ1) is 13.4. The maximum atomic E-state index is 11.0. The molecule has 0 saturated carbocycles. The second-order valence-electron chi connectivity index (χ2n) is 4.39. The lowest BCUT2D eigenvalue weighted by molar-refractivity contribution is 0.0697. The summed E-state index contributed by atoms with van der Waals surface area (Å²) >= 11 is 0. The molecule has 0 amide bonds. The molecule has 0 radical (unpaired) electrons. The number of aromatic nitrogens is 2. The molecule has 94 valence electrons. The van der Waals surface area contributed by atoms with Gasteiger partial charge < -0.3 is 10.4 Å². The molecule has 2 unspecified atom stereocenters. The Hall–Kier alpha value is -1.65. The van der Waals surface area contributed by atoms with E-state index in [-0.39, 0.29) is 11.6 Å². The minimum atomic E-state index is -0.988. The second-order valence-corrected chi connectivity index (χ2v) is 4.39. The summed E-state index contributed by atoms with van der Waals surface area (Å²) in [5, 5.41) is 19.6. The maximum Gasteiger partial charge on any atom is 0.339 e. The molecule has 5 heteroatoms. The Kier molecular flexibility index (Phi) is 4.87. The monoisotopic (exact) mass is 237 g/mol. The fourth-order valence-corrected chi connectivity index (χ4v) is 1.67. The lowest BCUT2D eigenvalue weighted by Crippen LogP contribution is -2.21. The Morgan fingerprint density at radius 1 is 1.53 bits per heavy atom. The molecular formula is C12H19N3O2. The van der Waals surface area contributed by atoms with Crippen molar-refractivity contribution >= 4 is 11.8 Å². The van der Waals surface area contributed by atoms with Crippen molar-refractivity contribution in [2.75, 3.05) is 5.32 Å². The molecule has 0 aliphatic heterocycles. The van der Waals surface area contributed by atoms with Gasteiger partial charge in [0.05, 0.1) is 6.20 Å². The van der Waals surface area contributed by atoms with Crippen LogP contribution in [0.15, 0.2) is 12.3 Å². The van der Waals surface area contributed by atoms with Crippen molar-refractivity contribution in [3.63, 3.8) is 0 Å². The molecule has 17 heavy (non-hydrogen) atoms. The highest BCUT2D eigenvalue weighted by atomic mass is 16.4. The first-order chi connectivity index (χ1) is 8.04. The number of nitrogens with one attached hydrogen (secondary N) is 1. The molecule has 1 heterocycles. The van der Waals surface area contributed by atoms with Gasteiger partial charge in [-0.3, -0.25) is 0 Å². The number of hydrogen-bond acceptors (Lipinski definition) is 4. The Morgan fingerprint density at radius 2 is 2.24 bits per heavy atom. The van der Waals surface area contributed by atoms with Gasteiger partial charge >= 0.3 is 5.97 Å². The van der Waals surface area contributed by atoms with Crippen LogP contribution >= 0.6 is 0 Å². The average Bonchev–Trinajstić information content (AvgIpc) is 2.29. The Balaban J connectivity index is 2.71. The minimum absolute atomic E-state index is 0.163. The van der Waals surface area contributed by atoms with Crippen LogP contribution in [0.4, 0.5) is 5.82 Å². The van der Waals surface area contributed by atoms with Crippen molar-refractivity contribution in [3.05, 3.63) is 17.8 Å². The SMILES string of the molecule is CCC(C)CC(C)Nc1nnccc1C(=O)O. The fourth-order valence-electron chi connectivity index (χ4n) is 1.67. The predicted molar refractivity (Wildman–Crippen MR) is 66.1 cm³/mol. The molecule has 1 aromatic heterocycles. The highest BCUT2D eigenvalue weighted by Gasteiger charge is 2.14. The molecule has 1 aromatic rings. The summed E-state index contributed by atoms with van der Waals surface area (Å²) in [6.07, 6.45) is 3.47. The predicted octanol–water partition coefficient (Wildman–Crippen LogP) is 2.41. The van der Waals surface area contributed by atoms with E-state index >= 15 is 0 Å². The third kappa shape index (κ3) is 4.01. The number of anilines is 1. The van der Waals surface area contributed by atoms with Gasteiger partial charge in [-0.15, -0.1) is 5.10 Å². The van der Waals surface area contributed by atoms with Crippen molar-refractivity contribution in [2.24, 2.45) is 5.92 Å². The maximum absolute atomic E-state index is 11.0. The zero-order chi connectivity index (χ0) is 12.8. The van der Waals surface area contributed by atoms with Gasteiger partial charge in [-0.1, -0.05) is 20.3 Å². The van der Waals surface area contributed by atoms with Crippen LogP contribution in [-0.2, 0) is 0 Å². The van der Waals surface area contributed by atoms with Crippen LogP contribution in [0, 0.1) is 5.92 Å². The van der Waals surface area contributed by atoms with Gasteiger partial charge in [0.1, 0.15) is 5.56 Å². The van der Waals surface area contributed by atoms with Crippen molar-refractivity contribution in [3.8, 4) is 0 Å². The number of hydrogen-bond donors (Lipinski definition) is 2. The quantitative estimate of drug-likeness (QED) is 0.794. The third-order valence-corrected chi connectivity index (χ3v) is 2.79. The fraction of sp³-hybridized carbons (Fsp3) is 0.583. The van der Waals surface area contributed by atoms with Gasteiger partial charge in [0, 0.05) is 6.04 Å². The molecule has 0 bridgehead atoms. The van der Waals surface area contributed by atoms with Gasteiger partial charge in [-0.25, -0.2) is 4.79 Å². The largest absolute Gasteiger partial charge is 0.478 e. The molecule has 1 rings (SSSR count). The molecule has 0 saturated heterocycles. The van der Waals surface area contributed by atoms with Crippen LogP contribution in [0.5, 0.6) is 0 Å². The summed E-state index contributed by atoms with van der Waals surface area (Å²) < 4.78 is 0. The van der Waals surface area contributed by atoms with E-state index in [9.17, 15) is 4.79 Å². The highest BCUT2D eigenvalue weighted by Crippen LogP contribution is 2.16. The van der Waals surface area contributed by atoms with E-state index in [0.29, 0.717) is 11.7 Å². The lowest BCUT2D eigenvalue weighted by atomic mass is 10.0. The first-order valence-electron chi connectivity index (χ1n) is 5.86. The van der Waals surface area contributed by atoms with Crippen molar-refractivity contribution in [2.45, 2.75) is 39.7 Å². The number of nitrogens with zero attached hydrogens (tertiary/aromatic N) is 2. The molecule has 0 aliphatic rings. The number of carboxylic acids is 1. The van der Waals surface area contributed by atoms with Crippen LogP contribution in [0.2, 0.25) is 0 Å². The molecule has 2 N–H and O–H groups in total. The van der Waals surface area contributed by atoms with Gasteiger partial charge in [0.25, 0.3) is 0 Å². The zero-order valence-corrected chi connectivity index (χ0v) is 10.5. The molecule has 0 aromatic carbocycles. The number of aromatic carboxylic acids is 1. The van der Waals surface area contributed by atoms with E-state index < -0.39 is 5.97 Å². The Morgan fingerprint density at radius 3 is 2.82 bits per heavy atom. The van der Waals surface area contributed by atoms with E-state index in [4.69, 9.17) is 5.11 Å². The molecular weight excluding hydrogens is 218 g/mol. The second kappa shape index (κ2) is 6.18. The number of rotatable bonds is 6. The normalized spacial score (nSPS) is 14.1. The summed E-state index contributed by atoms with van der Waals surface area (Å²) in [6.45, 7) is 6.34. The van der Waals surface area contributed by atoms with E-state index in [0.717, 1.165) is 12.8 Å². The van der Waals surface area contributed by atoms with Crippen LogP contribution in [0.3, 0.4) is 0 Å². The summed E-state index contributed by atoms with van der Waals surface area (Å²) in [7, 11) is 0. The van der Waals surface area contributed by atoms with Crippen molar-refractivity contribution < 1.29 is 9.90 Å². The van der Waals surface area contributed by atoms with Crippen LogP contribution in [0.25, 0.3) is 0 Å². The van der Waals surface area contributed by atoms with Crippen LogP contribution in [-0.4, -0.2) is 27.3 Å². The van der Waals surface area contributed by atoms with Crippen molar-refractivity contribution in [1.29, 1.82) is 0 Å². The molecule has 0 spiro atoms. The average molecular weight is 237 g/mol. The lowest BCUT2D eigenvalue weighted by Gasteiger charge is -2.18. The summed E-state index contributed by atoms with van der Waals surface area (Å²) in [5.41, 5.74) is 0.163. The van der Waals surface area contributed by atoms with E-state index in [2.05, 4.69) is 29.4 Å². The molecule has 2 atom stereocenters. The van der Waals surface area contributed by atoms with E-state index in [1.54, 1.807) is 0 Å². The van der Waals surface area contributed by atoms with Gasteiger partial charge in [0.15, 0.2) is 5.82 Å². The van der Waals surface area contributed by atoms with E-state index in [1.165, 1.54) is 12.3 Å². The van der Waals surface area contributed by atoms with E-state index in [1.807, 2.05) is 6.92 Å². The Bertz CT molecular complexity index is 382. The summed E-state index contributed by atoms with van der Waals surface area (Å²) in [6, 6.07) is 1.63. The zero-order valence-electron chi connectivity index (χ0n) is 10.5. The summed E-state index contributed by atoms with van der Waals surface area (Å²) in [4.78, 5) is 11.0. The molecule has 0 aliphatic carbocycles. The van der Waals surface area contributed by atoms with Crippen molar-refractivity contribution in [1.82, 2.24) is 10.2 Å². The number of carboxylic acid groups (broad SMARTS) is 1.